The number of rotatable bonds is 3. The predicted octanol–water partition coefficient (Wildman–Crippen LogP) is 4.22. The van der Waals surface area contributed by atoms with Crippen molar-refractivity contribution in [3.8, 4) is 5.75 Å². The first-order valence-electron chi connectivity index (χ1n) is 4.49. The van der Waals surface area contributed by atoms with Gasteiger partial charge in [0, 0.05) is 0 Å². The molecule has 0 unspecified atom stereocenters. The molecule has 0 aliphatic carbocycles. The molecule has 0 atom stereocenters. The molecule has 0 aliphatic rings. The summed E-state index contributed by atoms with van der Waals surface area (Å²) in [4.78, 5) is 0. The maximum atomic E-state index is 12.4. The molecular weight excluding hydrogens is 205 g/mol. The molecule has 15 heavy (non-hydrogen) atoms. The summed E-state index contributed by atoms with van der Waals surface area (Å²) in [5.41, 5.74) is 1.03. The Morgan fingerprint density at radius 3 is 2.00 bits per heavy atom. The highest BCUT2D eigenvalue weighted by atomic mass is 19.3. The van der Waals surface area contributed by atoms with E-state index >= 15 is 0 Å². The van der Waals surface area contributed by atoms with Gasteiger partial charge in [-0.25, -0.2) is 0 Å². The molecule has 0 aliphatic heterocycles. The molecule has 0 amide bonds. The molecule has 0 spiro atoms. The molecule has 82 valence electrons. The maximum Gasteiger partial charge on any atom is 0.344 e. The van der Waals surface area contributed by atoms with Crippen LogP contribution in [-0.4, -0.2) is 0 Å². The summed E-state index contributed by atoms with van der Waals surface area (Å²) in [5, 5.41) is 0. The van der Waals surface area contributed by atoms with E-state index in [2.05, 4.69) is 4.74 Å². The van der Waals surface area contributed by atoms with E-state index in [4.69, 9.17) is 0 Å². The van der Waals surface area contributed by atoms with Gasteiger partial charge in [0.15, 0.2) is 0 Å². The normalized spacial score (nSPS) is 10.3. The minimum atomic E-state index is -2.46. The summed E-state index contributed by atoms with van der Waals surface area (Å²) in [6.07, 6.45) is -2.46. The van der Waals surface area contributed by atoms with Gasteiger partial charge in [-0.15, -0.1) is 0 Å². The van der Waals surface area contributed by atoms with E-state index in [0.29, 0.717) is 5.92 Å². The van der Waals surface area contributed by atoms with Crippen LogP contribution in [0.2, 0.25) is 0 Å². The van der Waals surface area contributed by atoms with Gasteiger partial charge in [-0.2, -0.15) is 13.2 Å². The minimum absolute atomic E-state index is 0.0599. The van der Waals surface area contributed by atoms with Crippen LogP contribution in [0.5, 0.6) is 5.75 Å². The predicted molar refractivity (Wildman–Crippen MR) is 51.5 cm³/mol. The summed E-state index contributed by atoms with van der Waals surface area (Å²) in [7, 11) is 0. The third-order valence-electron chi connectivity index (χ3n) is 1.90. The lowest BCUT2D eigenvalue weighted by molar-refractivity contribution is 0.241. The zero-order valence-electron chi connectivity index (χ0n) is 8.43. The smallest absolute Gasteiger partial charge is 0.344 e. The number of benzene rings is 1. The second-order valence-corrected chi connectivity index (χ2v) is 3.36. The molecule has 0 saturated heterocycles. The second-order valence-electron chi connectivity index (χ2n) is 3.36. The van der Waals surface area contributed by atoms with Crippen LogP contribution < -0.4 is 4.74 Å². The van der Waals surface area contributed by atoms with Gasteiger partial charge < -0.3 is 4.74 Å². The van der Waals surface area contributed by atoms with Crippen molar-refractivity contribution in [1.29, 1.82) is 0 Å². The first-order chi connectivity index (χ1) is 7.00. The lowest BCUT2D eigenvalue weighted by Crippen LogP contribution is -1.92. The van der Waals surface area contributed by atoms with Crippen molar-refractivity contribution in [1.82, 2.24) is 0 Å². The van der Waals surface area contributed by atoms with Crippen LogP contribution in [0.4, 0.5) is 13.2 Å². The van der Waals surface area contributed by atoms with Gasteiger partial charge in [0.05, 0.1) is 0 Å². The Hall–Kier alpha value is -1.45. The molecule has 0 radical (unpaired) electrons. The van der Waals surface area contributed by atoms with Crippen molar-refractivity contribution in [3.63, 3.8) is 0 Å². The monoisotopic (exact) mass is 216 g/mol. The molecule has 1 nitrogen and oxygen atoms in total. The number of ether oxygens (including phenoxy) is 1. The summed E-state index contributed by atoms with van der Waals surface area (Å²) in [6.45, 7) is 4.00. The molecule has 1 aromatic carbocycles. The number of halogens is 3. The summed E-state index contributed by atoms with van der Waals surface area (Å²) >= 11 is 0. The van der Waals surface area contributed by atoms with Crippen LogP contribution in [0.1, 0.15) is 25.3 Å². The van der Waals surface area contributed by atoms with Crippen molar-refractivity contribution in [2.45, 2.75) is 19.8 Å². The van der Waals surface area contributed by atoms with Crippen molar-refractivity contribution in [3.05, 3.63) is 41.9 Å². The Bertz CT molecular complexity index is 351. The first kappa shape index (κ1) is 11.6. The van der Waals surface area contributed by atoms with E-state index in [1.807, 2.05) is 13.8 Å². The Labute approximate surface area is 86.2 Å². The molecule has 4 heteroatoms. The first-order valence-corrected chi connectivity index (χ1v) is 4.49. The third kappa shape index (κ3) is 3.31. The molecule has 0 bridgehead atoms. The van der Waals surface area contributed by atoms with Crippen molar-refractivity contribution in [2.75, 3.05) is 0 Å². The van der Waals surface area contributed by atoms with Crippen LogP contribution in [-0.2, 0) is 0 Å². The number of hydrogen-bond donors (Lipinski definition) is 0. The van der Waals surface area contributed by atoms with Crippen LogP contribution in [0.25, 0.3) is 0 Å². The van der Waals surface area contributed by atoms with Crippen LogP contribution in [0.15, 0.2) is 36.4 Å². The molecule has 0 aromatic heterocycles. The van der Waals surface area contributed by atoms with E-state index in [0.717, 1.165) is 5.56 Å². The van der Waals surface area contributed by atoms with E-state index in [-0.39, 0.29) is 5.75 Å². The van der Waals surface area contributed by atoms with E-state index < -0.39 is 12.1 Å². The molecule has 1 aromatic rings. The van der Waals surface area contributed by atoms with Crippen LogP contribution >= 0.6 is 0 Å². The Balaban J connectivity index is 2.78. The topological polar surface area (TPSA) is 9.23 Å². The quantitative estimate of drug-likeness (QED) is 0.687. The largest absolute Gasteiger partial charge is 0.428 e. The average molecular weight is 216 g/mol. The molecule has 0 heterocycles. The molecule has 0 saturated carbocycles. The lowest BCUT2D eigenvalue weighted by Gasteiger charge is -2.06. The van der Waals surface area contributed by atoms with Gasteiger partial charge in [0.2, 0.25) is 0 Å². The highest BCUT2D eigenvalue weighted by molar-refractivity contribution is 5.29. The third-order valence-corrected chi connectivity index (χ3v) is 1.90. The summed E-state index contributed by atoms with van der Waals surface area (Å²) in [5.74, 6) is 0.391. The zero-order valence-corrected chi connectivity index (χ0v) is 8.43. The standard InChI is InChI=1S/C11H11F3O/c1-7(2)8-3-5-9(6-4-8)15-11(14)10(12)13/h3-7H,1-2H3. The fourth-order valence-corrected chi connectivity index (χ4v) is 1.06. The van der Waals surface area contributed by atoms with Gasteiger partial charge in [-0.05, 0) is 23.6 Å². The van der Waals surface area contributed by atoms with Crippen LogP contribution in [0.3, 0.4) is 0 Å². The van der Waals surface area contributed by atoms with Gasteiger partial charge in [0.1, 0.15) is 5.75 Å². The Morgan fingerprint density at radius 1 is 1.07 bits per heavy atom. The van der Waals surface area contributed by atoms with Gasteiger partial charge >= 0.3 is 12.1 Å². The van der Waals surface area contributed by atoms with E-state index in [1.165, 1.54) is 12.1 Å². The van der Waals surface area contributed by atoms with E-state index in [1.54, 1.807) is 12.1 Å². The minimum Gasteiger partial charge on any atom is -0.428 e. The van der Waals surface area contributed by atoms with Gasteiger partial charge in [-0.3, -0.25) is 0 Å². The van der Waals surface area contributed by atoms with Crippen LogP contribution in [0, 0.1) is 0 Å². The zero-order chi connectivity index (χ0) is 11.4. The number of hydrogen-bond acceptors (Lipinski definition) is 1. The van der Waals surface area contributed by atoms with Crippen molar-refractivity contribution in [2.24, 2.45) is 0 Å². The van der Waals surface area contributed by atoms with E-state index in [9.17, 15) is 13.2 Å². The average Bonchev–Trinajstić information content (AvgIpc) is 2.18. The lowest BCUT2D eigenvalue weighted by atomic mass is 10.0. The molecule has 1 rings (SSSR count). The van der Waals surface area contributed by atoms with Gasteiger partial charge in [0.25, 0.3) is 0 Å². The fourth-order valence-electron chi connectivity index (χ4n) is 1.06. The van der Waals surface area contributed by atoms with Crippen molar-refractivity contribution >= 4 is 0 Å². The maximum absolute atomic E-state index is 12.4. The molecule has 0 N–H and O–H groups in total. The molecule has 0 fully saturated rings. The second kappa shape index (κ2) is 4.87. The van der Waals surface area contributed by atoms with Crippen molar-refractivity contribution < 1.29 is 17.9 Å². The molecular formula is C11H11F3O. The summed E-state index contributed by atoms with van der Waals surface area (Å²) < 4.78 is 40.1. The Kier molecular flexibility index (Phi) is 3.77. The highest BCUT2D eigenvalue weighted by Crippen LogP contribution is 2.21. The highest BCUT2D eigenvalue weighted by Gasteiger charge is 2.07. The fraction of sp³-hybridized carbons (Fsp3) is 0.273. The SMILES string of the molecule is CC(C)c1ccc(OC(F)=C(F)F)cc1. The van der Waals surface area contributed by atoms with Gasteiger partial charge in [-0.1, -0.05) is 26.0 Å². The Morgan fingerprint density at radius 2 is 1.60 bits per heavy atom. The summed E-state index contributed by atoms with van der Waals surface area (Å²) in [6, 6.07) is 4.48.